The van der Waals surface area contributed by atoms with Crippen molar-refractivity contribution in [3.8, 4) is 0 Å². The molecular weight excluding hydrogens is 737 g/mol. The molecule has 0 aromatic rings. The Morgan fingerprint density at radius 2 is 1.46 bits per heavy atom. The van der Waals surface area contributed by atoms with Crippen LogP contribution in [-0.4, -0.2) is 95.6 Å². The summed E-state index contributed by atoms with van der Waals surface area (Å²) >= 11 is 0. The minimum atomic E-state index is -2.05. The highest BCUT2D eigenvalue weighted by Crippen LogP contribution is 2.54. The third kappa shape index (κ3) is 11.9. The van der Waals surface area contributed by atoms with Gasteiger partial charge in [0, 0.05) is 26.4 Å². The van der Waals surface area contributed by atoms with Crippen LogP contribution in [0.25, 0.3) is 0 Å². The van der Waals surface area contributed by atoms with Gasteiger partial charge in [-0.25, -0.2) is 0 Å². The number of carboxylic acids is 1. The molecule has 0 radical (unpaired) electrons. The first-order chi connectivity index (χ1) is 23.7. The molecule has 0 saturated carbocycles. The first-order valence-electron chi connectivity index (χ1n) is 18.8. The first-order valence-corrected chi connectivity index (χ1v) is 30.0. The summed E-state index contributed by atoms with van der Waals surface area (Å²) in [7, 11) is -3.29. The van der Waals surface area contributed by atoms with E-state index in [1.54, 1.807) is 48.5 Å². The molecule has 2 aliphatic heterocycles. The fourth-order valence-corrected chi connectivity index (χ4v) is 42.3. The monoisotopic (exact) mass is 802 g/mol. The van der Waals surface area contributed by atoms with Crippen LogP contribution >= 0.6 is 0 Å². The number of carbonyl (C=O) groups is 6. The Balaban J connectivity index is 2.39. The second-order valence-corrected chi connectivity index (χ2v) is 35.1. The van der Waals surface area contributed by atoms with E-state index in [-0.39, 0.29) is 32.5 Å². The third-order valence-electron chi connectivity index (χ3n) is 11.4. The van der Waals surface area contributed by atoms with Gasteiger partial charge in [-0.1, -0.05) is 44.8 Å². The Hall–Kier alpha value is -2.15. The summed E-state index contributed by atoms with van der Waals surface area (Å²) in [5.74, 6) is -7.35. The van der Waals surface area contributed by atoms with Crippen LogP contribution in [0.3, 0.4) is 0 Å². The molecule has 1 N–H and O–H groups in total. The Labute approximate surface area is 316 Å². The number of aliphatic carboxylic acids is 1. The average molecular weight is 803 g/mol. The van der Waals surface area contributed by atoms with E-state index >= 15 is 0 Å². The number of rotatable bonds is 17. The molecule has 2 heterocycles. The quantitative estimate of drug-likeness (QED) is 0.0658. The predicted molar refractivity (Wildman–Crippen MR) is 208 cm³/mol. The number of esters is 5. The normalized spacial score (nSPS) is 29.1. The molecule has 2 rings (SSSR count). The van der Waals surface area contributed by atoms with Crippen molar-refractivity contribution in [1.82, 2.24) is 0 Å². The average Bonchev–Trinajstić information content (AvgIpc) is 3.26. The van der Waals surface area contributed by atoms with Crippen LogP contribution in [0.1, 0.15) is 87.5 Å². The van der Waals surface area contributed by atoms with Gasteiger partial charge in [0.2, 0.25) is 0 Å². The summed E-state index contributed by atoms with van der Waals surface area (Å²) in [6.45, 7) is 22.6. The van der Waals surface area contributed by atoms with Crippen molar-refractivity contribution in [2.45, 2.75) is 142 Å². The van der Waals surface area contributed by atoms with E-state index in [4.69, 9.17) is 23.4 Å². The van der Waals surface area contributed by atoms with Gasteiger partial charge in [0.1, 0.15) is 0 Å². The Kier molecular flexibility index (Phi) is 15.9. The molecule has 0 aromatic heterocycles. The largest absolute Gasteiger partial charge is 0.481 e. The van der Waals surface area contributed by atoms with Gasteiger partial charge in [0.25, 0.3) is 0 Å². The fraction of sp³-hybridized carbons (Fsp3) is 0.833. The summed E-state index contributed by atoms with van der Waals surface area (Å²) in [6.07, 6.45) is -1.18. The van der Waals surface area contributed by atoms with E-state index < -0.39 is 117 Å². The Bertz CT molecular complexity index is 1330. The molecule has 0 spiro atoms. The number of hydrogen-bond acceptors (Lipinski definition) is 11. The first kappa shape index (κ1) is 46.0. The lowest BCUT2D eigenvalue weighted by Gasteiger charge is -2.43. The second kappa shape index (κ2) is 18.0. The van der Waals surface area contributed by atoms with Crippen LogP contribution in [0.2, 0.25) is 48.9 Å². The Morgan fingerprint density at radius 3 is 1.94 bits per heavy atom. The van der Waals surface area contributed by atoms with Crippen LogP contribution in [0.15, 0.2) is 0 Å². The molecular formula is C36H66O12Si4. The molecule has 2 aliphatic rings. The molecule has 7 unspecified atom stereocenters. The van der Waals surface area contributed by atoms with E-state index in [0.717, 1.165) is 0 Å². The lowest BCUT2D eigenvalue weighted by molar-refractivity contribution is -0.168. The van der Waals surface area contributed by atoms with E-state index in [1.807, 2.05) is 0 Å². The van der Waals surface area contributed by atoms with Crippen LogP contribution in [0.4, 0.5) is 0 Å². The topological polar surface area (TPSA) is 169 Å². The summed E-state index contributed by atoms with van der Waals surface area (Å²) in [5, 5.41) is 10.6. The standard InChI is InChI=1S/C36H66O12Si4/c1-14-34(6,32(43)47-24(2)3)17-36(8,30(40)41)18-35(7,16-26(37)44-9)27-25(28(38)48-29(27)39)15-33(4,5)31(42)45-19-46-52(13)22-50(11)20-49(10)21-51(12)23-52/h24-25,27,49-51H,14-23H2,1-13H3,(H,40,41). The minimum Gasteiger partial charge on any atom is -0.481 e. The van der Waals surface area contributed by atoms with Gasteiger partial charge >= 0.3 is 35.8 Å². The molecule has 0 aliphatic carbocycles. The van der Waals surface area contributed by atoms with Crippen LogP contribution in [-0.2, 0) is 52.1 Å². The zero-order valence-corrected chi connectivity index (χ0v) is 38.4. The molecule has 0 bridgehead atoms. The molecule has 52 heavy (non-hydrogen) atoms. The van der Waals surface area contributed by atoms with E-state index in [2.05, 4.69) is 26.2 Å². The number of ether oxygens (including phenoxy) is 4. The number of hydrogen-bond donors (Lipinski definition) is 1. The summed E-state index contributed by atoms with van der Waals surface area (Å²) in [4.78, 5) is 79.7. The van der Waals surface area contributed by atoms with Crippen LogP contribution in [0, 0.1) is 33.5 Å². The van der Waals surface area contributed by atoms with E-state index in [1.165, 1.54) is 36.7 Å². The third-order valence-corrected chi connectivity index (χ3v) is 37.6. The number of cyclic esters (lactones) is 2. The highest BCUT2D eigenvalue weighted by atomic mass is 28.4. The number of methoxy groups -OCH3 is 1. The second-order valence-electron chi connectivity index (χ2n) is 18.2. The van der Waals surface area contributed by atoms with E-state index in [9.17, 15) is 33.9 Å². The number of carboxylic acid groups (broad SMARTS) is 1. The van der Waals surface area contributed by atoms with Gasteiger partial charge in [0.05, 0.1) is 47.7 Å². The van der Waals surface area contributed by atoms with Crippen LogP contribution < -0.4 is 0 Å². The maximum absolute atomic E-state index is 13.6. The van der Waals surface area contributed by atoms with Gasteiger partial charge in [-0.3, -0.25) is 28.8 Å². The molecule has 298 valence electrons. The van der Waals surface area contributed by atoms with Gasteiger partial charge in [-0.15, -0.1) is 0 Å². The zero-order chi connectivity index (χ0) is 40.0. The van der Waals surface area contributed by atoms with Crippen molar-refractivity contribution < 1.29 is 57.2 Å². The van der Waals surface area contributed by atoms with Gasteiger partial charge in [-0.05, 0) is 90.5 Å². The predicted octanol–water partition coefficient (Wildman–Crippen LogP) is 5.36. The van der Waals surface area contributed by atoms with Crippen molar-refractivity contribution in [2.75, 3.05) is 13.9 Å². The smallest absolute Gasteiger partial charge is 0.318 e. The maximum Gasteiger partial charge on any atom is 0.318 e. The number of carbonyl (C=O) groups excluding carboxylic acids is 5. The van der Waals surface area contributed by atoms with Crippen molar-refractivity contribution in [1.29, 1.82) is 0 Å². The van der Waals surface area contributed by atoms with Crippen molar-refractivity contribution in [2.24, 2.45) is 33.5 Å². The lowest BCUT2D eigenvalue weighted by atomic mass is 9.58. The molecule has 12 nitrogen and oxygen atoms in total. The highest BCUT2D eigenvalue weighted by Gasteiger charge is 2.59. The minimum absolute atomic E-state index is 0.153. The van der Waals surface area contributed by atoms with Crippen molar-refractivity contribution in [3.63, 3.8) is 0 Å². The molecule has 16 heteroatoms. The zero-order valence-electron chi connectivity index (χ0n) is 34.0. The van der Waals surface area contributed by atoms with Crippen molar-refractivity contribution in [3.05, 3.63) is 0 Å². The molecule has 0 amide bonds. The fourth-order valence-electron chi connectivity index (χ4n) is 9.22. The molecule has 2 fully saturated rings. The van der Waals surface area contributed by atoms with Crippen LogP contribution in [0.5, 0.6) is 0 Å². The van der Waals surface area contributed by atoms with Gasteiger partial charge in [0.15, 0.2) is 15.1 Å². The molecule has 0 aromatic carbocycles. The molecule has 2 saturated heterocycles. The lowest BCUT2D eigenvalue weighted by Crippen LogP contribution is -2.47. The van der Waals surface area contributed by atoms with Crippen molar-refractivity contribution >= 4 is 70.5 Å². The summed E-state index contributed by atoms with van der Waals surface area (Å²) in [6, 6.07) is 0. The van der Waals surface area contributed by atoms with Gasteiger partial charge in [-0.2, -0.15) is 0 Å². The maximum atomic E-state index is 13.6. The van der Waals surface area contributed by atoms with Gasteiger partial charge < -0.3 is 28.5 Å². The SMILES string of the molecule is CCC(C)(CC(C)(CC(C)(CC(=O)OC)C1C(=O)OC(=O)C1CC(C)(C)C(=O)OCO[Si]1(C)C[SiH](C)C[SiH](C)C[SiH](C)C1)C(=O)O)C(=O)OC(C)C. The highest BCUT2D eigenvalue weighted by molar-refractivity contribution is 6.98. The molecule has 7 atom stereocenters. The summed E-state index contributed by atoms with van der Waals surface area (Å²) in [5.41, 5.74) is -0.409. The van der Waals surface area contributed by atoms with E-state index in [0.29, 0.717) is 0 Å². The Morgan fingerprint density at radius 1 is 0.904 bits per heavy atom. The summed E-state index contributed by atoms with van der Waals surface area (Å²) < 4.78 is 27.8.